The molecule has 0 unspecified atom stereocenters. The van der Waals surface area contributed by atoms with Crippen LogP contribution in [0.5, 0.6) is 11.5 Å². The van der Waals surface area contributed by atoms with Gasteiger partial charge in [-0.1, -0.05) is 85.3 Å². The van der Waals surface area contributed by atoms with Crippen molar-refractivity contribution in [3.8, 4) is 33.8 Å². The summed E-state index contributed by atoms with van der Waals surface area (Å²) in [5, 5.41) is 32.0. The van der Waals surface area contributed by atoms with Crippen molar-refractivity contribution in [1.29, 1.82) is 0 Å². The van der Waals surface area contributed by atoms with Crippen LogP contribution >= 0.6 is 0 Å². The van der Waals surface area contributed by atoms with Gasteiger partial charge in [-0.2, -0.15) is 0 Å². The predicted molar refractivity (Wildman–Crippen MR) is 171 cm³/mol. The van der Waals surface area contributed by atoms with Crippen LogP contribution in [0.4, 0.5) is 10.1 Å². The monoisotopic (exact) mass is 587 g/mol. The van der Waals surface area contributed by atoms with Crippen molar-refractivity contribution in [2.75, 3.05) is 4.90 Å². The van der Waals surface area contributed by atoms with Gasteiger partial charge >= 0.3 is 0 Å². The summed E-state index contributed by atoms with van der Waals surface area (Å²) in [6, 6.07) is 35.7. The molecule has 6 rings (SSSR count). The fourth-order valence-electron chi connectivity index (χ4n) is 6.29. The van der Waals surface area contributed by atoms with Gasteiger partial charge < -0.3 is 20.2 Å². The largest absolute Gasteiger partial charge is 0.508 e. The highest BCUT2D eigenvalue weighted by Gasteiger charge is 2.42. The minimum Gasteiger partial charge on any atom is -0.508 e. The van der Waals surface area contributed by atoms with E-state index in [9.17, 15) is 24.5 Å². The van der Waals surface area contributed by atoms with Crippen LogP contribution in [-0.2, 0) is 4.79 Å². The van der Waals surface area contributed by atoms with E-state index in [0.29, 0.717) is 36.8 Å². The second kappa shape index (κ2) is 12.7. The number of carbonyl (C=O) groups excluding carboxylic acids is 1. The molecule has 1 fully saturated rings. The van der Waals surface area contributed by atoms with Crippen molar-refractivity contribution in [2.45, 2.75) is 37.8 Å². The maximum absolute atomic E-state index is 13.6. The highest BCUT2D eigenvalue weighted by atomic mass is 19.1. The van der Waals surface area contributed by atoms with E-state index >= 15 is 0 Å². The summed E-state index contributed by atoms with van der Waals surface area (Å²) in [5.41, 5.74) is 5.72. The van der Waals surface area contributed by atoms with Gasteiger partial charge in [-0.25, -0.2) is 4.39 Å². The summed E-state index contributed by atoms with van der Waals surface area (Å²) in [4.78, 5) is 15.4. The smallest absolute Gasteiger partial charge is 0.227 e. The summed E-state index contributed by atoms with van der Waals surface area (Å²) < 4.78 is 13.4. The van der Waals surface area contributed by atoms with Crippen molar-refractivity contribution in [1.82, 2.24) is 0 Å². The summed E-state index contributed by atoms with van der Waals surface area (Å²) >= 11 is 0. The van der Waals surface area contributed by atoms with Gasteiger partial charge in [-0.05, 0) is 89.0 Å². The number of rotatable bonds is 9. The number of halogens is 1. The molecule has 6 heteroatoms. The molecule has 5 nitrogen and oxygen atoms in total. The average Bonchev–Trinajstić information content (AvgIpc) is 3.36. The lowest BCUT2D eigenvalue weighted by Crippen LogP contribution is -2.28. The lowest BCUT2D eigenvalue weighted by atomic mass is 9.87. The van der Waals surface area contributed by atoms with Crippen LogP contribution in [0, 0.1) is 11.7 Å². The van der Waals surface area contributed by atoms with Crippen molar-refractivity contribution in [3.05, 3.63) is 138 Å². The Bertz CT molecular complexity index is 1740. The molecule has 0 radical (unpaired) electrons. The summed E-state index contributed by atoms with van der Waals surface area (Å²) in [7, 11) is 0. The Morgan fingerprint density at radius 1 is 0.750 bits per heavy atom. The Labute approximate surface area is 256 Å². The maximum atomic E-state index is 13.6. The fraction of sp³-hybridized carbons (Fsp3) is 0.184. The first-order chi connectivity index (χ1) is 21.4. The molecule has 0 bridgehead atoms. The molecule has 1 aliphatic heterocycles. The van der Waals surface area contributed by atoms with Gasteiger partial charge in [0.15, 0.2) is 0 Å². The number of aromatic hydroxyl groups is 2. The number of benzene rings is 5. The minimum absolute atomic E-state index is 0.0250. The topological polar surface area (TPSA) is 81.0 Å². The van der Waals surface area contributed by atoms with Crippen LogP contribution in [0.15, 0.2) is 121 Å². The Hall–Kier alpha value is -4.94. The number of aliphatic hydroxyl groups excluding tert-OH is 1. The SMILES string of the molecule is O=C1C[C@@H](CCC[C@H](O)c2ccc(F)cc2)[C@@H](c2ccc(-c3cccc(O)c3)cc2O)N1c1ccc(-c2ccccc2)cc1. The standard InChI is InChI=1S/C38H34FNO4/c39-31-17-12-27(13-18-31)35(42)11-5-9-30-24-37(44)40(32-19-14-26(15-20-32)25-6-2-1-3-7-25)38(30)34-21-16-29(23-36(34)43)28-8-4-10-33(41)22-28/h1-4,6-8,10,12-23,30,35,38,41-43H,5,9,11,24H2/t30-,35+,38+/m1/s1. The van der Waals surface area contributed by atoms with E-state index in [4.69, 9.17) is 0 Å². The third-order valence-corrected chi connectivity index (χ3v) is 8.52. The van der Waals surface area contributed by atoms with Crippen molar-refractivity contribution >= 4 is 11.6 Å². The maximum Gasteiger partial charge on any atom is 0.227 e. The fourth-order valence-corrected chi connectivity index (χ4v) is 6.29. The molecule has 5 aromatic carbocycles. The second-order valence-corrected chi connectivity index (χ2v) is 11.4. The highest BCUT2D eigenvalue weighted by Crippen LogP contribution is 2.47. The highest BCUT2D eigenvalue weighted by molar-refractivity contribution is 5.97. The Morgan fingerprint density at radius 3 is 2.11 bits per heavy atom. The molecule has 1 aliphatic rings. The summed E-state index contributed by atoms with van der Waals surface area (Å²) in [5.74, 6) is -0.259. The van der Waals surface area contributed by atoms with Gasteiger partial charge in [-0.15, -0.1) is 0 Å². The van der Waals surface area contributed by atoms with Gasteiger partial charge in [0.1, 0.15) is 17.3 Å². The quantitative estimate of drug-likeness (QED) is 0.161. The Morgan fingerprint density at radius 2 is 1.41 bits per heavy atom. The van der Waals surface area contributed by atoms with E-state index in [0.717, 1.165) is 27.9 Å². The van der Waals surface area contributed by atoms with Gasteiger partial charge in [0.2, 0.25) is 5.91 Å². The molecule has 5 aromatic rings. The van der Waals surface area contributed by atoms with Gasteiger partial charge in [-0.3, -0.25) is 4.79 Å². The Kier molecular flexibility index (Phi) is 8.44. The third-order valence-electron chi connectivity index (χ3n) is 8.52. The lowest BCUT2D eigenvalue weighted by Gasteiger charge is -2.30. The number of phenols is 2. The first kappa shape index (κ1) is 29.1. The van der Waals surface area contributed by atoms with Crippen LogP contribution in [-0.4, -0.2) is 21.2 Å². The van der Waals surface area contributed by atoms with E-state index in [1.54, 1.807) is 41.3 Å². The van der Waals surface area contributed by atoms with Crippen molar-refractivity contribution in [2.24, 2.45) is 5.92 Å². The van der Waals surface area contributed by atoms with Crippen molar-refractivity contribution in [3.63, 3.8) is 0 Å². The molecular weight excluding hydrogens is 553 g/mol. The first-order valence-electron chi connectivity index (χ1n) is 14.9. The third kappa shape index (κ3) is 6.21. The zero-order valence-electron chi connectivity index (χ0n) is 24.2. The second-order valence-electron chi connectivity index (χ2n) is 11.4. The van der Waals surface area contributed by atoms with Crippen LogP contribution in [0.25, 0.3) is 22.3 Å². The molecule has 1 saturated heterocycles. The molecule has 0 aromatic heterocycles. The van der Waals surface area contributed by atoms with E-state index in [1.807, 2.05) is 72.8 Å². The minimum atomic E-state index is -0.734. The summed E-state index contributed by atoms with van der Waals surface area (Å²) in [6.45, 7) is 0. The predicted octanol–water partition coefficient (Wildman–Crippen LogP) is 8.57. The molecule has 0 saturated carbocycles. The number of hydrogen-bond acceptors (Lipinski definition) is 4. The summed E-state index contributed by atoms with van der Waals surface area (Å²) in [6.07, 6.45) is 1.35. The number of phenolic OH excluding ortho intramolecular Hbond substituents is 2. The van der Waals surface area contributed by atoms with Gasteiger partial charge in [0.25, 0.3) is 0 Å². The normalized spacial score (nSPS) is 17.1. The molecule has 0 spiro atoms. The molecule has 3 N–H and O–H groups in total. The van der Waals surface area contributed by atoms with E-state index < -0.39 is 12.1 Å². The van der Waals surface area contributed by atoms with E-state index in [2.05, 4.69) is 0 Å². The number of anilines is 1. The number of hydrogen-bond donors (Lipinski definition) is 3. The zero-order valence-corrected chi connectivity index (χ0v) is 24.2. The molecule has 222 valence electrons. The van der Waals surface area contributed by atoms with Gasteiger partial charge in [0.05, 0.1) is 12.1 Å². The van der Waals surface area contributed by atoms with Crippen LogP contribution in [0.2, 0.25) is 0 Å². The van der Waals surface area contributed by atoms with Gasteiger partial charge in [0, 0.05) is 17.7 Å². The molecular formula is C38H34FNO4. The molecule has 1 heterocycles. The zero-order chi connectivity index (χ0) is 30.6. The van der Waals surface area contributed by atoms with Crippen LogP contribution < -0.4 is 4.90 Å². The average molecular weight is 588 g/mol. The number of amides is 1. The van der Waals surface area contributed by atoms with Crippen molar-refractivity contribution < 1.29 is 24.5 Å². The van der Waals surface area contributed by atoms with Crippen LogP contribution in [0.3, 0.4) is 0 Å². The first-order valence-corrected chi connectivity index (χ1v) is 14.9. The Balaban J connectivity index is 1.29. The molecule has 1 amide bonds. The van der Waals surface area contributed by atoms with E-state index in [-0.39, 0.29) is 29.1 Å². The molecule has 44 heavy (non-hydrogen) atoms. The van der Waals surface area contributed by atoms with E-state index in [1.165, 1.54) is 12.1 Å². The molecule has 0 aliphatic carbocycles. The number of carbonyl (C=O) groups is 1. The molecule has 3 atom stereocenters. The van der Waals surface area contributed by atoms with Crippen LogP contribution in [0.1, 0.15) is 49.0 Å². The lowest BCUT2D eigenvalue weighted by molar-refractivity contribution is -0.117. The number of aliphatic hydroxyl groups is 1. The number of nitrogens with zero attached hydrogens (tertiary/aromatic N) is 1.